The fourth-order valence-corrected chi connectivity index (χ4v) is 2.47. The molecule has 1 N–H and O–H groups in total. The smallest absolute Gasteiger partial charge is 0.303 e. The summed E-state index contributed by atoms with van der Waals surface area (Å²) >= 11 is 0. The molecule has 0 amide bonds. The highest BCUT2D eigenvalue weighted by Gasteiger charge is 2.16. The van der Waals surface area contributed by atoms with Crippen LogP contribution < -0.4 is 10.7 Å². The van der Waals surface area contributed by atoms with Crippen molar-refractivity contribution >= 4 is 21.8 Å². The van der Waals surface area contributed by atoms with Gasteiger partial charge >= 0.3 is 5.56 Å². The first-order valence-electron chi connectivity index (χ1n) is 4.51. The molecule has 0 atom stereocenters. The molecule has 0 saturated carbocycles. The van der Waals surface area contributed by atoms with Gasteiger partial charge in [-0.2, -0.15) is 0 Å². The first-order chi connectivity index (χ1) is 7.11. The van der Waals surface area contributed by atoms with Crippen molar-refractivity contribution in [2.45, 2.75) is 4.90 Å². The van der Waals surface area contributed by atoms with Crippen molar-refractivity contribution in [2.24, 2.45) is 0 Å². The molecule has 0 bridgehead atoms. The minimum absolute atomic E-state index is 0.136. The number of nitrogens with one attached hydrogen (secondary N) is 1. The molecule has 3 nitrogen and oxygen atoms in total. The molecule has 15 heavy (non-hydrogen) atoms. The molecule has 1 aromatic carbocycles. The summed E-state index contributed by atoms with van der Waals surface area (Å²) in [5.74, 6) is -0.136. The van der Waals surface area contributed by atoms with E-state index < -0.39 is 0 Å². The topological polar surface area (TPSA) is 55.9 Å². The van der Waals surface area contributed by atoms with Crippen LogP contribution in [0.15, 0.2) is 34.0 Å². The molecule has 0 unspecified atom stereocenters. The normalized spacial score (nSPS) is 11.1. The predicted octanol–water partition coefficient (Wildman–Crippen LogP) is 0.838. The van der Waals surface area contributed by atoms with Crippen LogP contribution in [0.5, 0.6) is 5.75 Å². The van der Waals surface area contributed by atoms with Crippen LogP contribution in [0.1, 0.15) is 0 Å². The van der Waals surface area contributed by atoms with Gasteiger partial charge in [0.15, 0.2) is 0 Å². The van der Waals surface area contributed by atoms with E-state index in [1.165, 1.54) is 0 Å². The Morgan fingerprint density at radius 2 is 1.93 bits per heavy atom. The number of aromatic nitrogens is 1. The van der Waals surface area contributed by atoms with Crippen LogP contribution in [0.25, 0.3) is 10.9 Å². The number of aromatic amines is 1. The molecule has 2 aromatic rings. The van der Waals surface area contributed by atoms with Crippen molar-refractivity contribution in [2.75, 3.05) is 12.5 Å². The van der Waals surface area contributed by atoms with Gasteiger partial charge in [-0.05, 0) is 17.2 Å². The Hall–Kier alpha value is -1.42. The zero-order valence-electron chi connectivity index (χ0n) is 8.53. The third-order valence-corrected chi connectivity index (χ3v) is 3.43. The second-order valence-electron chi connectivity index (χ2n) is 3.47. The average molecular weight is 221 g/mol. The molecule has 4 heteroatoms. The van der Waals surface area contributed by atoms with Crippen molar-refractivity contribution in [3.05, 3.63) is 34.6 Å². The molecule has 1 aromatic heterocycles. The zero-order valence-corrected chi connectivity index (χ0v) is 9.35. The Bertz CT molecular complexity index is 560. The molecule has 0 aliphatic carbocycles. The van der Waals surface area contributed by atoms with Crippen molar-refractivity contribution in [3.63, 3.8) is 0 Å². The summed E-state index contributed by atoms with van der Waals surface area (Å²) in [6, 6.07) is 7.08. The number of fused-ring (bicyclic) bond motifs is 1. The van der Waals surface area contributed by atoms with Gasteiger partial charge in [0.2, 0.25) is 4.90 Å². The summed E-state index contributed by atoms with van der Waals surface area (Å²) in [6.07, 6.45) is 3.75. The van der Waals surface area contributed by atoms with E-state index in [4.69, 9.17) is 0 Å². The quantitative estimate of drug-likeness (QED) is 0.725. The summed E-state index contributed by atoms with van der Waals surface area (Å²) in [4.78, 5) is 14.7. The Balaban J connectivity index is 2.90. The van der Waals surface area contributed by atoms with E-state index in [-0.39, 0.29) is 22.2 Å². The van der Waals surface area contributed by atoms with Gasteiger partial charge < -0.3 is 10.1 Å². The van der Waals surface area contributed by atoms with E-state index in [1.807, 2.05) is 12.5 Å². The zero-order chi connectivity index (χ0) is 11.0. The van der Waals surface area contributed by atoms with Gasteiger partial charge in [-0.3, -0.25) is 4.79 Å². The fraction of sp³-hybridized carbons (Fsp3) is 0.182. The highest BCUT2D eigenvalue weighted by Crippen LogP contribution is 2.24. The Morgan fingerprint density at radius 3 is 2.60 bits per heavy atom. The van der Waals surface area contributed by atoms with Gasteiger partial charge in [0.1, 0.15) is 12.5 Å². The van der Waals surface area contributed by atoms with Crippen molar-refractivity contribution in [1.82, 2.24) is 4.98 Å². The molecule has 0 fully saturated rings. The molecule has 0 spiro atoms. The number of benzene rings is 1. The standard InChI is InChI=1S/C11H11NO2S/c1-15(2)10-9(13)7-5-3-4-6-8(7)12-11(10)14/h3-6H,1-2H3,(H-,12,13,14). The monoisotopic (exact) mass is 221 g/mol. The lowest BCUT2D eigenvalue weighted by Crippen LogP contribution is -2.19. The van der Waals surface area contributed by atoms with Gasteiger partial charge in [0, 0.05) is 16.4 Å². The average Bonchev–Trinajstić information content (AvgIpc) is 2.17. The van der Waals surface area contributed by atoms with Gasteiger partial charge in [-0.1, -0.05) is 18.2 Å². The summed E-state index contributed by atoms with van der Waals surface area (Å²) in [6.45, 7) is 0. The van der Waals surface area contributed by atoms with Crippen LogP contribution in [0, 0.1) is 0 Å². The number of para-hydroxylation sites is 1. The van der Waals surface area contributed by atoms with Crippen molar-refractivity contribution in [1.29, 1.82) is 0 Å². The summed E-state index contributed by atoms with van der Waals surface area (Å²) in [7, 11) is -0.314. The molecular formula is C11H11NO2S. The molecule has 1 heterocycles. The summed E-state index contributed by atoms with van der Waals surface area (Å²) in [5, 5.41) is 12.6. The summed E-state index contributed by atoms with van der Waals surface area (Å²) in [5.41, 5.74) is 0.355. The maximum Gasteiger partial charge on any atom is 0.303 e. The molecule has 0 saturated heterocycles. The largest absolute Gasteiger partial charge is 0.868 e. The maximum absolute atomic E-state index is 12.0. The van der Waals surface area contributed by atoms with Crippen molar-refractivity contribution < 1.29 is 5.11 Å². The number of rotatable bonds is 1. The minimum atomic E-state index is -0.314. The highest BCUT2D eigenvalue weighted by atomic mass is 32.2. The predicted molar refractivity (Wildman–Crippen MR) is 61.5 cm³/mol. The third-order valence-electron chi connectivity index (χ3n) is 2.24. The number of hydrogen-bond donors (Lipinski definition) is 1. The van der Waals surface area contributed by atoms with Crippen LogP contribution in [0.3, 0.4) is 0 Å². The van der Waals surface area contributed by atoms with E-state index in [2.05, 4.69) is 4.98 Å². The molecule has 0 aliphatic rings. The lowest BCUT2D eigenvalue weighted by molar-refractivity contribution is -0.270. The Morgan fingerprint density at radius 1 is 1.27 bits per heavy atom. The van der Waals surface area contributed by atoms with E-state index in [1.54, 1.807) is 24.3 Å². The fourth-order valence-electron chi connectivity index (χ4n) is 1.57. The summed E-state index contributed by atoms with van der Waals surface area (Å²) < 4.78 is 0. The van der Waals surface area contributed by atoms with E-state index in [0.717, 1.165) is 0 Å². The first-order valence-corrected chi connectivity index (χ1v) is 6.55. The van der Waals surface area contributed by atoms with Gasteiger partial charge in [0.25, 0.3) is 0 Å². The molecule has 0 aliphatic heterocycles. The number of hydrogen-bond acceptors (Lipinski definition) is 2. The van der Waals surface area contributed by atoms with Crippen LogP contribution in [0.2, 0.25) is 0 Å². The van der Waals surface area contributed by atoms with Gasteiger partial charge in [-0.15, -0.1) is 0 Å². The van der Waals surface area contributed by atoms with Crippen LogP contribution in [0.4, 0.5) is 0 Å². The first kappa shape index (κ1) is 10.1. The number of H-pyrrole nitrogens is 1. The Labute approximate surface area is 90.1 Å². The molecule has 2 rings (SSSR count). The number of pyridine rings is 1. The highest BCUT2D eigenvalue weighted by molar-refractivity contribution is 7.95. The molecular weight excluding hydrogens is 210 g/mol. The minimum Gasteiger partial charge on any atom is -0.868 e. The third kappa shape index (κ3) is 1.61. The van der Waals surface area contributed by atoms with Crippen molar-refractivity contribution in [3.8, 4) is 5.75 Å². The van der Waals surface area contributed by atoms with Crippen LogP contribution >= 0.6 is 0 Å². The second kappa shape index (κ2) is 3.62. The van der Waals surface area contributed by atoms with E-state index in [9.17, 15) is 9.90 Å². The van der Waals surface area contributed by atoms with Crippen LogP contribution in [-0.2, 0) is 10.9 Å². The van der Waals surface area contributed by atoms with Crippen LogP contribution in [-0.4, -0.2) is 17.5 Å². The molecule has 0 radical (unpaired) electrons. The molecule has 78 valence electrons. The maximum atomic E-state index is 12.0. The lowest BCUT2D eigenvalue weighted by atomic mass is 10.2. The van der Waals surface area contributed by atoms with Gasteiger partial charge in [-0.25, -0.2) is 0 Å². The second-order valence-corrected chi connectivity index (χ2v) is 5.52. The lowest BCUT2D eigenvalue weighted by Gasteiger charge is -2.12. The van der Waals surface area contributed by atoms with Gasteiger partial charge in [0.05, 0.1) is 0 Å². The SMILES string of the molecule is C[S+](C)c1c([O-])c2ccccc2[nH]c1=O. The van der Waals surface area contributed by atoms with E-state index in [0.29, 0.717) is 15.8 Å². The Kier molecular flexibility index (Phi) is 2.44. The van der Waals surface area contributed by atoms with E-state index >= 15 is 0 Å².